The van der Waals surface area contributed by atoms with Crippen LogP contribution in [0.5, 0.6) is 0 Å². The largest absolute Gasteiger partial charge is 0.342 e. The normalized spacial score (nSPS) is 32.5. The first-order chi connectivity index (χ1) is 9.34. The highest BCUT2D eigenvalue weighted by Crippen LogP contribution is 2.57. The Hall–Kier alpha value is -0.800. The fourth-order valence-electron chi connectivity index (χ4n) is 3.78. The number of thiocarbonyl (C=S) groups is 1. The first-order valence-electron chi connectivity index (χ1n) is 7.06. The fraction of sp³-hybridized carbons (Fsp3) is 0.438. The van der Waals surface area contributed by atoms with Gasteiger partial charge in [-0.2, -0.15) is 0 Å². The monoisotopic (exact) mass is 287 g/mol. The third-order valence-electron chi connectivity index (χ3n) is 4.58. The zero-order valence-corrected chi connectivity index (χ0v) is 12.5. The van der Waals surface area contributed by atoms with Gasteiger partial charge >= 0.3 is 0 Å². The number of fused-ring (bicyclic) bond motifs is 3. The highest BCUT2D eigenvalue weighted by atomic mass is 32.2. The van der Waals surface area contributed by atoms with Crippen molar-refractivity contribution in [2.24, 2.45) is 5.92 Å². The molecule has 0 amide bonds. The van der Waals surface area contributed by atoms with Crippen LogP contribution in [-0.4, -0.2) is 22.2 Å². The van der Waals surface area contributed by atoms with Crippen LogP contribution in [0.15, 0.2) is 36.4 Å². The van der Waals surface area contributed by atoms with Crippen molar-refractivity contribution in [1.29, 1.82) is 0 Å². The Morgan fingerprint density at radius 1 is 1.32 bits per heavy atom. The Morgan fingerprint density at radius 3 is 3.05 bits per heavy atom. The maximum atomic E-state index is 5.74. The summed E-state index contributed by atoms with van der Waals surface area (Å²) in [5.41, 5.74) is 2.75. The summed E-state index contributed by atoms with van der Waals surface area (Å²) in [5.74, 6) is 1.80. The molecule has 4 rings (SSSR count). The summed E-state index contributed by atoms with van der Waals surface area (Å²) < 4.78 is 0. The maximum absolute atomic E-state index is 5.74. The van der Waals surface area contributed by atoms with Crippen LogP contribution in [0, 0.1) is 5.92 Å². The number of benzene rings is 1. The molecule has 1 aromatic rings. The molecule has 3 heteroatoms. The van der Waals surface area contributed by atoms with Gasteiger partial charge in [0.2, 0.25) is 0 Å². The molecule has 19 heavy (non-hydrogen) atoms. The molecule has 1 nitrogen and oxygen atoms in total. The Labute approximate surface area is 124 Å². The zero-order valence-electron chi connectivity index (χ0n) is 10.8. The molecule has 0 radical (unpaired) electrons. The van der Waals surface area contributed by atoms with Crippen molar-refractivity contribution in [2.45, 2.75) is 24.1 Å². The van der Waals surface area contributed by atoms with Crippen LogP contribution in [0.4, 0.5) is 0 Å². The van der Waals surface area contributed by atoms with Gasteiger partial charge in [0.15, 0.2) is 0 Å². The summed E-state index contributed by atoms with van der Waals surface area (Å²) in [4.78, 5) is 3.67. The second kappa shape index (κ2) is 4.35. The molecular weight excluding hydrogens is 270 g/mol. The van der Waals surface area contributed by atoms with E-state index in [9.17, 15) is 0 Å². The molecule has 0 bridgehead atoms. The van der Waals surface area contributed by atoms with Crippen molar-refractivity contribution >= 4 is 29.0 Å². The minimum absolute atomic E-state index is 0.102. The van der Waals surface area contributed by atoms with E-state index in [-0.39, 0.29) is 4.87 Å². The molecule has 0 N–H and O–H groups in total. The van der Waals surface area contributed by atoms with E-state index in [1.807, 2.05) is 0 Å². The molecule has 0 aromatic heterocycles. The van der Waals surface area contributed by atoms with E-state index in [4.69, 9.17) is 12.2 Å². The van der Waals surface area contributed by atoms with Crippen LogP contribution in [0.2, 0.25) is 0 Å². The first kappa shape index (κ1) is 12.0. The van der Waals surface area contributed by atoms with Gasteiger partial charge in [-0.3, -0.25) is 0 Å². The van der Waals surface area contributed by atoms with E-state index in [0.29, 0.717) is 5.92 Å². The number of nitrogens with zero attached hydrogens (tertiary/aromatic N) is 1. The van der Waals surface area contributed by atoms with Crippen molar-refractivity contribution in [3.8, 4) is 0 Å². The van der Waals surface area contributed by atoms with Crippen LogP contribution in [0.3, 0.4) is 0 Å². The lowest BCUT2D eigenvalue weighted by Crippen LogP contribution is -2.42. The summed E-state index contributed by atoms with van der Waals surface area (Å²) in [7, 11) is 0. The second-order valence-corrected chi connectivity index (χ2v) is 7.22. The number of rotatable bonds is 1. The Morgan fingerprint density at radius 2 is 2.21 bits per heavy atom. The predicted molar refractivity (Wildman–Crippen MR) is 85.5 cm³/mol. The number of thioether (sulfide) groups is 1. The van der Waals surface area contributed by atoms with E-state index in [1.54, 1.807) is 0 Å². The van der Waals surface area contributed by atoms with Gasteiger partial charge in [-0.1, -0.05) is 48.6 Å². The summed E-state index contributed by atoms with van der Waals surface area (Å²) in [5, 5.41) is 0. The van der Waals surface area contributed by atoms with Gasteiger partial charge in [-0.15, -0.1) is 11.8 Å². The number of hydrogen-bond donors (Lipinski definition) is 0. The third kappa shape index (κ3) is 1.52. The fourth-order valence-corrected chi connectivity index (χ4v) is 5.92. The van der Waals surface area contributed by atoms with Crippen LogP contribution in [0.25, 0.3) is 0 Å². The Balaban J connectivity index is 1.91. The first-order valence-corrected chi connectivity index (χ1v) is 8.45. The standard InChI is InChI=1S/C16H17NS2/c18-15-13-8-4-5-9-14(13)16(17(15)10-11-19-16)12-6-2-1-3-7-12/h2,4-6,8-9,12H,1,3,7,10-11H2. The molecule has 2 unspecified atom stereocenters. The predicted octanol–water partition coefficient (Wildman–Crippen LogP) is 3.93. The SMILES string of the molecule is S=C1c2ccccc2C2(C3C=CCCC3)SCCN12. The van der Waals surface area contributed by atoms with Gasteiger partial charge in [0, 0.05) is 23.8 Å². The molecule has 1 aromatic carbocycles. The van der Waals surface area contributed by atoms with Gasteiger partial charge in [0.25, 0.3) is 0 Å². The summed E-state index contributed by atoms with van der Waals surface area (Å²) in [6, 6.07) is 8.77. The summed E-state index contributed by atoms with van der Waals surface area (Å²) in [6.45, 7) is 1.10. The van der Waals surface area contributed by atoms with E-state index in [0.717, 1.165) is 11.5 Å². The lowest BCUT2D eigenvalue weighted by atomic mass is 9.84. The van der Waals surface area contributed by atoms with Gasteiger partial charge < -0.3 is 4.90 Å². The Kier molecular flexibility index (Phi) is 2.75. The van der Waals surface area contributed by atoms with Crippen LogP contribution in [-0.2, 0) is 4.87 Å². The van der Waals surface area contributed by atoms with Gasteiger partial charge in [0.1, 0.15) is 9.86 Å². The van der Waals surface area contributed by atoms with Gasteiger partial charge in [-0.25, -0.2) is 0 Å². The topological polar surface area (TPSA) is 3.24 Å². The van der Waals surface area contributed by atoms with Crippen LogP contribution in [0.1, 0.15) is 30.4 Å². The minimum Gasteiger partial charge on any atom is -0.342 e. The molecule has 98 valence electrons. The van der Waals surface area contributed by atoms with Crippen molar-refractivity contribution < 1.29 is 0 Å². The third-order valence-corrected chi connectivity index (χ3v) is 6.59. The van der Waals surface area contributed by atoms with E-state index >= 15 is 0 Å². The molecule has 2 heterocycles. The molecule has 1 fully saturated rings. The van der Waals surface area contributed by atoms with Crippen molar-refractivity contribution in [1.82, 2.24) is 4.90 Å². The molecule has 0 spiro atoms. The van der Waals surface area contributed by atoms with Crippen LogP contribution < -0.4 is 0 Å². The number of hydrogen-bond acceptors (Lipinski definition) is 2. The van der Waals surface area contributed by atoms with Crippen molar-refractivity contribution in [3.05, 3.63) is 47.5 Å². The highest BCUT2D eigenvalue weighted by Gasteiger charge is 2.54. The summed E-state index contributed by atoms with van der Waals surface area (Å²) in [6.07, 6.45) is 8.65. The van der Waals surface area contributed by atoms with E-state index in [1.165, 1.54) is 36.1 Å². The molecule has 2 aliphatic heterocycles. The van der Waals surface area contributed by atoms with Gasteiger partial charge in [0.05, 0.1) is 0 Å². The maximum Gasteiger partial charge on any atom is 0.119 e. The quantitative estimate of drug-likeness (QED) is 0.569. The molecule has 2 atom stereocenters. The zero-order chi connectivity index (χ0) is 12.9. The second-order valence-electron chi connectivity index (χ2n) is 5.51. The highest BCUT2D eigenvalue weighted by molar-refractivity contribution is 8.00. The lowest BCUT2D eigenvalue weighted by Gasteiger charge is -2.40. The smallest absolute Gasteiger partial charge is 0.119 e. The van der Waals surface area contributed by atoms with E-state index in [2.05, 4.69) is 53.1 Å². The summed E-state index contributed by atoms with van der Waals surface area (Å²) >= 11 is 7.84. The molecule has 0 saturated carbocycles. The van der Waals surface area contributed by atoms with Crippen molar-refractivity contribution in [3.63, 3.8) is 0 Å². The minimum atomic E-state index is 0.102. The van der Waals surface area contributed by atoms with Gasteiger partial charge in [-0.05, 0) is 24.8 Å². The lowest BCUT2D eigenvalue weighted by molar-refractivity contribution is 0.247. The Bertz CT molecular complexity index is 566. The molecule has 3 aliphatic rings. The average molecular weight is 287 g/mol. The van der Waals surface area contributed by atoms with E-state index < -0.39 is 0 Å². The average Bonchev–Trinajstić information content (AvgIpc) is 3.01. The molecule has 1 aliphatic carbocycles. The molecule has 1 saturated heterocycles. The number of allylic oxidation sites excluding steroid dienone is 1. The van der Waals surface area contributed by atoms with Crippen LogP contribution >= 0.6 is 24.0 Å². The molecular formula is C16H17NS2. The van der Waals surface area contributed by atoms with Crippen molar-refractivity contribution in [2.75, 3.05) is 12.3 Å².